The van der Waals surface area contributed by atoms with Crippen LogP contribution in [0.1, 0.15) is 38.2 Å². The van der Waals surface area contributed by atoms with Crippen molar-refractivity contribution in [2.24, 2.45) is 0 Å². The SMILES string of the molecule is Cc1ccc2nc(C(CO)NC(=O)OC(C)(C)C)[nH]c2c1. The van der Waals surface area contributed by atoms with Crippen molar-refractivity contribution in [2.75, 3.05) is 6.61 Å². The average Bonchev–Trinajstić information content (AvgIpc) is 2.76. The lowest BCUT2D eigenvalue weighted by Crippen LogP contribution is -2.36. The van der Waals surface area contributed by atoms with Crippen molar-refractivity contribution in [1.29, 1.82) is 0 Å². The Hall–Kier alpha value is -2.08. The second-order valence-corrected chi connectivity index (χ2v) is 6.02. The number of H-pyrrole nitrogens is 1. The van der Waals surface area contributed by atoms with Gasteiger partial charge in [-0.15, -0.1) is 0 Å². The lowest BCUT2D eigenvalue weighted by molar-refractivity contribution is 0.0478. The second-order valence-electron chi connectivity index (χ2n) is 6.02. The van der Waals surface area contributed by atoms with Gasteiger partial charge in [0.15, 0.2) is 0 Å². The molecular weight excluding hydrogens is 270 g/mol. The van der Waals surface area contributed by atoms with Crippen LogP contribution in [-0.4, -0.2) is 33.4 Å². The molecule has 1 amide bonds. The Morgan fingerprint density at radius 1 is 1.48 bits per heavy atom. The van der Waals surface area contributed by atoms with E-state index in [1.54, 1.807) is 20.8 Å². The number of carbonyl (C=O) groups excluding carboxylic acids is 1. The van der Waals surface area contributed by atoms with Crippen molar-refractivity contribution in [1.82, 2.24) is 15.3 Å². The van der Waals surface area contributed by atoms with E-state index in [1.165, 1.54) is 0 Å². The molecule has 6 nitrogen and oxygen atoms in total. The minimum absolute atomic E-state index is 0.266. The van der Waals surface area contributed by atoms with Crippen molar-refractivity contribution >= 4 is 17.1 Å². The number of fused-ring (bicyclic) bond motifs is 1. The lowest BCUT2D eigenvalue weighted by Gasteiger charge is -2.22. The van der Waals surface area contributed by atoms with Crippen LogP contribution in [0.2, 0.25) is 0 Å². The zero-order valence-electron chi connectivity index (χ0n) is 12.7. The molecule has 1 aromatic heterocycles. The molecule has 0 fully saturated rings. The fourth-order valence-corrected chi connectivity index (χ4v) is 1.96. The number of rotatable bonds is 3. The summed E-state index contributed by atoms with van der Waals surface area (Å²) < 4.78 is 5.18. The van der Waals surface area contributed by atoms with E-state index in [1.807, 2.05) is 25.1 Å². The standard InChI is InChI=1S/C15H21N3O3/c1-9-5-6-10-11(7-9)17-13(16-10)12(8-19)18-14(20)21-15(2,3)4/h5-7,12,19H,8H2,1-4H3,(H,16,17)(H,18,20). The quantitative estimate of drug-likeness (QED) is 0.810. The molecule has 21 heavy (non-hydrogen) atoms. The number of carbonyl (C=O) groups is 1. The fourth-order valence-electron chi connectivity index (χ4n) is 1.96. The van der Waals surface area contributed by atoms with E-state index < -0.39 is 17.7 Å². The number of ether oxygens (including phenoxy) is 1. The molecule has 0 bridgehead atoms. The maximum Gasteiger partial charge on any atom is 0.408 e. The average molecular weight is 291 g/mol. The van der Waals surface area contributed by atoms with Crippen LogP contribution >= 0.6 is 0 Å². The Balaban J connectivity index is 2.17. The normalized spacial score (nSPS) is 13.2. The van der Waals surface area contributed by atoms with E-state index in [9.17, 15) is 9.90 Å². The van der Waals surface area contributed by atoms with E-state index in [0.29, 0.717) is 5.82 Å². The monoisotopic (exact) mass is 291 g/mol. The van der Waals surface area contributed by atoms with Gasteiger partial charge < -0.3 is 20.1 Å². The first-order valence-corrected chi connectivity index (χ1v) is 6.85. The van der Waals surface area contributed by atoms with Crippen LogP contribution in [0, 0.1) is 6.92 Å². The van der Waals surface area contributed by atoms with Gasteiger partial charge in [0, 0.05) is 0 Å². The molecule has 0 aliphatic carbocycles. The first kappa shape index (κ1) is 15.3. The Kier molecular flexibility index (Phi) is 4.18. The summed E-state index contributed by atoms with van der Waals surface area (Å²) in [5, 5.41) is 12.1. The summed E-state index contributed by atoms with van der Waals surface area (Å²) in [6.07, 6.45) is -0.585. The van der Waals surface area contributed by atoms with Gasteiger partial charge in [0.2, 0.25) is 0 Å². The van der Waals surface area contributed by atoms with Gasteiger partial charge in [0.1, 0.15) is 17.5 Å². The Morgan fingerprint density at radius 2 is 2.19 bits per heavy atom. The Bertz CT molecular complexity index is 643. The Labute approximate surface area is 123 Å². The van der Waals surface area contributed by atoms with Crippen molar-refractivity contribution in [3.8, 4) is 0 Å². The highest BCUT2D eigenvalue weighted by molar-refractivity contribution is 5.76. The van der Waals surface area contributed by atoms with Gasteiger partial charge in [0.25, 0.3) is 0 Å². The summed E-state index contributed by atoms with van der Waals surface area (Å²) in [7, 11) is 0. The number of aryl methyl sites for hydroxylation is 1. The number of imidazole rings is 1. The summed E-state index contributed by atoms with van der Waals surface area (Å²) >= 11 is 0. The molecular formula is C15H21N3O3. The number of alkyl carbamates (subject to hydrolysis) is 1. The summed E-state index contributed by atoms with van der Waals surface area (Å²) in [5.41, 5.74) is 2.18. The molecule has 0 spiro atoms. The molecule has 1 atom stereocenters. The van der Waals surface area contributed by atoms with Gasteiger partial charge in [-0.05, 0) is 45.4 Å². The van der Waals surface area contributed by atoms with Crippen LogP contribution in [0.4, 0.5) is 4.79 Å². The van der Waals surface area contributed by atoms with Crippen LogP contribution in [0.3, 0.4) is 0 Å². The number of aliphatic hydroxyl groups is 1. The van der Waals surface area contributed by atoms with Gasteiger partial charge >= 0.3 is 6.09 Å². The van der Waals surface area contributed by atoms with E-state index in [-0.39, 0.29) is 6.61 Å². The molecule has 114 valence electrons. The smallest absolute Gasteiger partial charge is 0.408 e. The fraction of sp³-hybridized carbons (Fsp3) is 0.467. The zero-order valence-corrected chi connectivity index (χ0v) is 12.7. The van der Waals surface area contributed by atoms with Crippen LogP contribution in [0.25, 0.3) is 11.0 Å². The van der Waals surface area contributed by atoms with Gasteiger partial charge in [-0.25, -0.2) is 9.78 Å². The maximum absolute atomic E-state index is 11.8. The Morgan fingerprint density at radius 3 is 2.81 bits per heavy atom. The number of hydrogen-bond acceptors (Lipinski definition) is 4. The van der Waals surface area contributed by atoms with Gasteiger partial charge in [-0.2, -0.15) is 0 Å². The highest BCUT2D eigenvalue weighted by Crippen LogP contribution is 2.18. The third-order valence-corrected chi connectivity index (χ3v) is 2.86. The van der Waals surface area contributed by atoms with E-state index in [4.69, 9.17) is 4.74 Å². The van der Waals surface area contributed by atoms with Crippen LogP contribution in [0.15, 0.2) is 18.2 Å². The van der Waals surface area contributed by atoms with Gasteiger partial charge in [-0.1, -0.05) is 6.07 Å². The maximum atomic E-state index is 11.8. The van der Waals surface area contributed by atoms with Crippen molar-refractivity contribution in [2.45, 2.75) is 39.3 Å². The molecule has 0 saturated carbocycles. The van der Waals surface area contributed by atoms with Crippen molar-refractivity contribution < 1.29 is 14.6 Å². The van der Waals surface area contributed by atoms with Gasteiger partial charge in [0.05, 0.1) is 17.6 Å². The zero-order chi connectivity index (χ0) is 15.6. The van der Waals surface area contributed by atoms with Crippen molar-refractivity contribution in [3.63, 3.8) is 0 Å². The predicted molar refractivity (Wildman–Crippen MR) is 80.0 cm³/mol. The third-order valence-electron chi connectivity index (χ3n) is 2.86. The molecule has 0 aliphatic rings. The molecule has 3 N–H and O–H groups in total. The summed E-state index contributed by atoms with van der Waals surface area (Å²) in [6.45, 7) is 7.07. The molecule has 0 aliphatic heterocycles. The molecule has 0 radical (unpaired) electrons. The number of aromatic amines is 1. The highest BCUT2D eigenvalue weighted by Gasteiger charge is 2.22. The summed E-state index contributed by atoms with van der Waals surface area (Å²) in [6, 6.07) is 5.19. The first-order chi connectivity index (χ1) is 9.78. The number of nitrogens with one attached hydrogen (secondary N) is 2. The number of benzene rings is 1. The number of nitrogens with zero attached hydrogens (tertiary/aromatic N) is 1. The topological polar surface area (TPSA) is 87.2 Å². The molecule has 0 saturated heterocycles. The number of hydrogen-bond donors (Lipinski definition) is 3. The number of aliphatic hydroxyl groups excluding tert-OH is 1. The molecule has 2 rings (SSSR count). The molecule has 1 heterocycles. The number of amides is 1. The largest absolute Gasteiger partial charge is 0.444 e. The predicted octanol–water partition coefficient (Wildman–Crippen LogP) is 2.43. The summed E-state index contributed by atoms with van der Waals surface area (Å²) in [4.78, 5) is 19.3. The van der Waals surface area contributed by atoms with Crippen LogP contribution < -0.4 is 5.32 Å². The van der Waals surface area contributed by atoms with Crippen LogP contribution in [0.5, 0.6) is 0 Å². The molecule has 1 aromatic carbocycles. The van der Waals surface area contributed by atoms with Crippen LogP contribution in [-0.2, 0) is 4.74 Å². The third kappa shape index (κ3) is 3.95. The molecule has 6 heteroatoms. The molecule has 2 aromatic rings. The first-order valence-electron chi connectivity index (χ1n) is 6.85. The van der Waals surface area contributed by atoms with E-state index in [2.05, 4.69) is 15.3 Å². The summed E-state index contributed by atoms with van der Waals surface area (Å²) in [5.74, 6) is 0.504. The second kappa shape index (κ2) is 5.73. The van der Waals surface area contributed by atoms with Crippen molar-refractivity contribution in [3.05, 3.63) is 29.6 Å². The van der Waals surface area contributed by atoms with E-state index >= 15 is 0 Å². The lowest BCUT2D eigenvalue weighted by atomic mass is 10.2. The van der Waals surface area contributed by atoms with E-state index in [0.717, 1.165) is 16.6 Å². The minimum atomic E-state index is -0.632. The highest BCUT2D eigenvalue weighted by atomic mass is 16.6. The minimum Gasteiger partial charge on any atom is -0.444 e. The molecule has 1 unspecified atom stereocenters. The number of aromatic nitrogens is 2. The van der Waals surface area contributed by atoms with Gasteiger partial charge in [-0.3, -0.25) is 0 Å².